The standard InChI is InChI=1S/C27H45ClN4/c1-19(2)31(20(3)4)16-9-10-24(14-17-32(21(5)6)22(7)8)30-26-13-15-29-27-18-23(28)11-12-25(26)27/h11-13,15,18-22,24H,9-10,14,16-17H2,1-8H3,(H,29,30). The number of hydrogen-bond acceptors (Lipinski definition) is 4. The van der Waals surface area contributed by atoms with Gasteiger partial charge in [-0.1, -0.05) is 11.6 Å². The molecule has 1 aromatic carbocycles. The molecule has 4 nitrogen and oxygen atoms in total. The molecule has 0 amide bonds. The lowest BCUT2D eigenvalue weighted by Crippen LogP contribution is -2.40. The Balaban J connectivity index is 2.16. The molecule has 32 heavy (non-hydrogen) atoms. The van der Waals surface area contributed by atoms with Gasteiger partial charge < -0.3 is 5.32 Å². The molecule has 1 aromatic heterocycles. The highest BCUT2D eigenvalue weighted by Gasteiger charge is 2.19. The van der Waals surface area contributed by atoms with E-state index in [1.165, 1.54) is 6.42 Å². The first kappa shape index (κ1) is 26.9. The summed E-state index contributed by atoms with van der Waals surface area (Å²) in [6, 6.07) is 10.7. The minimum Gasteiger partial charge on any atom is -0.382 e. The molecule has 1 heterocycles. The van der Waals surface area contributed by atoms with Gasteiger partial charge in [-0.05, 0) is 105 Å². The van der Waals surface area contributed by atoms with Crippen molar-refractivity contribution in [1.82, 2.24) is 14.8 Å². The molecule has 2 aromatic rings. The Bertz CT molecular complexity index is 802. The van der Waals surface area contributed by atoms with Crippen LogP contribution in [0.25, 0.3) is 10.9 Å². The SMILES string of the molecule is CC(C)N(CCCC(CCN(C(C)C)C(C)C)Nc1ccnc2cc(Cl)ccc12)C(C)C. The van der Waals surface area contributed by atoms with Gasteiger partial charge in [0, 0.05) is 59.0 Å². The number of hydrogen-bond donors (Lipinski definition) is 1. The summed E-state index contributed by atoms with van der Waals surface area (Å²) in [5.74, 6) is 0. The molecule has 180 valence electrons. The second-order valence-electron chi connectivity index (χ2n) is 10.1. The normalized spacial score (nSPS) is 13.5. The van der Waals surface area contributed by atoms with Crippen molar-refractivity contribution >= 4 is 28.2 Å². The summed E-state index contributed by atoms with van der Waals surface area (Å²) < 4.78 is 0. The molecule has 0 saturated heterocycles. The molecule has 5 heteroatoms. The smallest absolute Gasteiger partial charge is 0.0737 e. The fourth-order valence-electron chi connectivity index (χ4n) is 4.81. The predicted molar refractivity (Wildman–Crippen MR) is 142 cm³/mol. The first-order chi connectivity index (χ1) is 15.1. The van der Waals surface area contributed by atoms with E-state index in [1.54, 1.807) is 0 Å². The van der Waals surface area contributed by atoms with Crippen molar-refractivity contribution in [3.63, 3.8) is 0 Å². The molecule has 0 aliphatic rings. The van der Waals surface area contributed by atoms with Crippen LogP contribution in [0, 0.1) is 0 Å². The third kappa shape index (κ3) is 7.90. The van der Waals surface area contributed by atoms with E-state index in [2.05, 4.69) is 87.6 Å². The number of benzene rings is 1. The number of rotatable bonds is 13. The third-order valence-corrected chi connectivity index (χ3v) is 6.66. The maximum absolute atomic E-state index is 6.20. The first-order valence-electron chi connectivity index (χ1n) is 12.4. The van der Waals surface area contributed by atoms with Crippen molar-refractivity contribution in [2.75, 3.05) is 18.4 Å². The van der Waals surface area contributed by atoms with Gasteiger partial charge >= 0.3 is 0 Å². The fraction of sp³-hybridized carbons (Fsp3) is 0.667. The van der Waals surface area contributed by atoms with Gasteiger partial charge in [0.25, 0.3) is 0 Å². The van der Waals surface area contributed by atoms with E-state index in [1.807, 2.05) is 18.3 Å². The summed E-state index contributed by atoms with van der Waals surface area (Å²) >= 11 is 6.20. The van der Waals surface area contributed by atoms with Gasteiger partial charge in [0.15, 0.2) is 0 Å². The number of fused-ring (bicyclic) bond motifs is 1. The van der Waals surface area contributed by atoms with E-state index in [9.17, 15) is 0 Å². The topological polar surface area (TPSA) is 31.4 Å². The van der Waals surface area contributed by atoms with E-state index < -0.39 is 0 Å². The van der Waals surface area contributed by atoms with Gasteiger partial charge in [0.2, 0.25) is 0 Å². The summed E-state index contributed by atoms with van der Waals surface area (Å²) in [6.45, 7) is 20.6. The zero-order valence-electron chi connectivity index (χ0n) is 21.5. The van der Waals surface area contributed by atoms with Crippen molar-refractivity contribution in [3.8, 4) is 0 Å². The molecule has 1 unspecified atom stereocenters. The molecule has 0 radical (unpaired) electrons. The van der Waals surface area contributed by atoms with E-state index in [0.717, 1.165) is 47.5 Å². The largest absolute Gasteiger partial charge is 0.382 e. The molecule has 2 rings (SSSR count). The van der Waals surface area contributed by atoms with Crippen LogP contribution in [-0.4, -0.2) is 58.1 Å². The van der Waals surface area contributed by atoms with Crippen LogP contribution >= 0.6 is 11.6 Å². The molecule has 0 spiro atoms. The molecule has 0 fully saturated rings. The molecule has 1 N–H and O–H groups in total. The summed E-state index contributed by atoms with van der Waals surface area (Å²) in [6.07, 6.45) is 5.34. The first-order valence-corrected chi connectivity index (χ1v) is 12.8. The van der Waals surface area contributed by atoms with Crippen LogP contribution in [-0.2, 0) is 0 Å². The number of nitrogens with zero attached hydrogens (tertiary/aromatic N) is 3. The summed E-state index contributed by atoms with van der Waals surface area (Å²) in [5.41, 5.74) is 2.10. The van der Waals surface area contributed by atoms with Crippen LogP contribution in [0.3, 0.4) is 0 Å². The Hall–Kier alpha value is -1.36. The summed E-state index contributed by atoms with van der Waals surface area (Å²) in [5, 5.41) is 5.74. The number of nitrogens with one attached hydrogen (secondary N) is 1. The van der Waals surface area contributed by atoms with E-state index in [4.69, 9.17) is 11.6 Å². The minimum absolute atomic E-state index is 0.414. The Morgan fingerprint density at radius 2 is 1.41 bits per heavy atom. The molecule has 0 bridgehead atoms. The predicted octanol–water partition coefficient (Wildman–Crippen LogP) is 7.08. The van der Waals surface area contributed by atoms with Crippen LogP contribution in [0.2, 0.25) is 5.02 Å². The number of halogens is 1. The van der Waals surface area contributed by atoms with Gasteiger partial charge in [-0.2, -0.15) is 0 Å². The Kier molecular flexibility index (Phi) is 10.7. The van der Waals surface area contributed by atoms with Crippen LogP contribution in [0.15, 0.2) is 30.5 Å². The molecule has 0 saturated carbocycles. The van der Waals surface area contributed by atoms with Gasteiger partial charge in [-0.15, -0.1) is 0 Å². The Morgan fingerprint density at radius 3 is 2.00 bits per heavy atom. The quantitative estimate of drug-likeness (QED) is 0.346. The van der Waals surface area contributed by atoms with Crippen LogP contribution < -0.4 is 5.32 Å². The molecular weight excluding hydrogens is 416 g/mol. The van der Waals surface area contributed by atoms with E-state index in [0.29, 0.717) is 30.2 Å². The second kappa shape index (κ2) is 12.8. The van der Waals surface area contributed by atoms with Crippen molar-refractivity contribution in [2.45, 2.75) is 105 Å². The van der Waals surface area contributed by atoms with Gasteiger partial charge in [-0.25, -0.2) is 0 Å². The third-order valence-electron chi connectivity index (χ3n) is 6.42. The second-order valence-corrected chi connectivity index (χ2v) is 10.6. The van der Waals surface area contributed by atoms with Crippen LogP contribution in [0.5, 0.6) is 0 Å². The zero-order chi connectivity index (χ0) is 23.8. The highest BCUT2D eigenvalue weighted by Crippen LogP contribution is 2.26. The average molecular weight is 461 g/mol. The number of pyridine rings is 1. The Morgan fingerprint density at radius 1 is 0.812 bits per heavy atom. The van der Waals surface area contributed by atoms with Gasteiger partial charge in [0.1, 0.15) is 0 Å². The van der Waals surface area contributed by atoms with Crippen LogP contribution in [0.1, 0.15) is 74.7 Å². The van der Waals surface area contributed by atoms with Crippen LogP contribution in [0.4, 0.5) is 5.69 Å². The molecule has 0 aliphatic heterocycles. The average Bonchev–Trinajstić information content (AvgIpc) is 2.69. The molecular formula is C27H45ClN4. The summed E-state index contributed by atoms with van der Waals surface area (Å²) in [7, 11) is 0. The highest BCUT2D eigenvalue weighted by molar-refractivity contribution is 6.31. The van der Waals surface area contributed by atoms with Gasteiger partial charge in [0.05, 0.1) is 5.52 Å². The molecule has 1 atom stereocenters. The highest BCUT2D eigenvalue weighted by atomic mass is 35.5. The summed E-state index contributed by atoms with van der Waals surface area (Å²) in [4.78, 5) is 9.70. The minimum atomic E-state index is 0.414. The maximum atomic E-state index is 6.20. The Labute approximate surface area is 201 Å². The monoisotopic (exact) mass is 460 g/mol. The zero-order valence-corrected chi connectivity index (χ0v) is 22.3. The van der Waals surface area contributed by atoms with Gasteiger partial charge in [-0.3, -0.25) is 14.8 Å². The lowest BCUT2D eigenvalue weighted by atomic mass is 10.0. The van der Waals surface area contributed by atoms with Crippen molar-refractivity contribution in [3.05, 3.63) is 35.5 Å². The number of anilines is 1. The number of aromatic nitrogens is 1. The lowest BCUT2D eigenvalue weighted by Gasteiger charge is -2.33. The molecule has 0 aliphatic carbocycles. The lowest BCUT2D eigenvalue weighted by molar-refractivity contribution is 0.162. The van der Waals surface area contributed by atoms with Crippen molar-refractivity contribution in [1.29, 1.82) is 0 Å². The van der Waals surface area contributed by atoms with E-state index >= 15 is 0 Å². The van der Waals surface area contributed by atoms with Crippen molar-refractivity contribution < 1.29 is 0 Å². The van der Waals surface area contributed by atoms with Crippen molar-refractivity contribution in [2.24, 2.45) is 0 Å². The fourth-order valence-corrected chi connectivity index (χ4v) is 4.97. The maximum Gasteiger partial charge on any atom is 0.0737 e. The van der Waals surface area contributed by atoms with E-state index in [-0.39, 0.29) is 0 Å².